The SMILES string of the molecule is C=C(NC1CCN(C(C)C)CC1)c1n[nH]c2ccc(-c3cncc(N4CCCCC4)c3)cc12. The summed E-state index contributed by atoms with van der Waals surface area (Å²) in [5.41, 5.74) is 6.38. The molecule has 0 saturated carbocycles. The van der Waals surface area contributed by atoms with E-state index in [1.165, 1.54) is 24.9 Å². The predicted octanol–water partition coefficient (Wildman–Crippen LogP) is 5.05. The summed E-state index contributed by atoms with van der Waals surface area (Å²) >= 11 is 0. The van der Waals surface area contributed by atoms with Crippen LogP contribution in [0.4, 0.5) is 5.69 Å². The predicted molar refractivity (Wildman–Crippen MR) is 137 cm³/mol. The molecule has 33 heavy (non-hydrogen) atoms. The second kappa shape index (κ2) is 9.56. The van der Waals surface area contributed by atoms with Gasteiger partial charge in [0.05, 0.1) is 23.1 Å². The van der Waals surface area contributed by atoms with Crippen molar-refractivity contribution in [3.05, 3.63) is 48.9 Å². The first-order chi connectivity index (χ1) is 16.1. The third-order valence-corrected chi connectivity index (χ3v) is 7.27. The number of hydrogen-bond acceptors (Lipinski definition) is 5. The maximum absolute atomic E-state index is 4.61. The zero-order valence-corrected chi connectivity index (χ0v) is 20.0. The number of nitrogens with one attached hydrogen (secondary N) is 2. The second-order valence-electron chi connectivity index (χ2n) is 9.84. The average Bonchev–Trinajstić information content (AvgIpc) is 3.28. The highest BCUT2D eigenvalue weighted by atomic mass is 15.2. The summed E-state index contributed by atoms with van der Waals surface area (Å²) in [6.45, 7) is 13.4. The molecule has 2 aromatic heterocycles. The van der Waals surface area contributed by atoms with Crippen molar-refractivity contribution in [2.24, 2.45) is 0 Å². The van der Waals surface area contributed by atoms with Crippen LogP contribution in [0.25, 0.3) is 27.7 Å². The van der Waals surface area contributed by atoms with E-state index in [1.807, 2.05) is 12.4 Å². The van der Waals surface area contributed by atoms with E-state index < -0.39 is 0 Å². The third kappa shape index (κ3) is 4.76. The number of nitrogens with zero attached hydrogens (tertiary/aromatic N) is 4. The molecule has 0 unspecified atom stereocenters. The number of piperidine rings is 2. The first-order valence-electron chi connectivity index (χ1n) is 12.5. The molecular formula is C27H36N6. The van der Waals surface area contributed by atoms with Gasteiger partial charge in [-0.1, -0.05) is 12.6 Å². The van der Waals surface area contributed by atoms with E-state index in [0.717, 1.165) is 72.4 Å². The van der Waals surface area contributed by atoms with Crippen molar-refractivity contribution in [3.8, 4) is 11.1 Å². The van der Waals surface area contributed by atoms with E-state index in [1.54, 1.807) is 0 Å². The quantitative estimate of drug-likeness (QED) is 0.557. The summed E-state index contributed by atoms with van der Waals surface area (Å²) in [5, 5.41) is 12.6. The number of H-pyrrole nitrogens is 1. The number of hydrogen-bond donors (Lipinski definition) is 2. The van der Waals surface area contributed by atoms with Gasteiger partial charge >= 0.3 is 0 Å². The van der Waals surface area contributed by atoms with Crippen molar-refractivity contribution in [1.29, 1.82) is 0 Å². The van der Waals surface area contributed by atoms with Crippen molar-refractivity contribution in [3.63, 3.8) is 0 Å². The first-order valence-corrected chi connectivity index (χ1v) is 12.5. The maximum atomic E-state index is 4.61. The summed E-state index contributed by atoms with van der Waals surface area (Å²) in [6.07, 6.45) is 10.1. The normalized spacial score (nSPS) is 18.2. The maximum Gasteiger partial charge on any atom is 0.115 e. The lowest BCUT2D eigenvalue weighted by Gasteiger charge is -2.35. The molecule has 6 heteroatoms. The number of fused-ring (bicyclic) bond motifs is 1. The molecule has 0 spiro atoms. The first kappa shape index (κ1) is 22.0. The third-order valence-electron chi connectivity index (χ3n) is 7.27. The Morgan fingerprint density at radius 2 is 1.82 bits per heavy atom. The van der Waals surface area contributed by atoms with Crippen LogP contribution in [0.1, 0.15) is 51.6 Å². The van der Waals surface area contributed by atoms with Crippen molar-refractivity contribution in [2.45, 2.75) is 58.0 Å². The van der Waals surface area contributed by atoms with E-state index in [9.17, 15) is 0 Å². The number of likely N-dealkylation sites (tertiary alicyclic amines) is 1. The number of anilines is 1. The zero-order chi connectivity index (χ0) is 22.8. The molecule has 0 bridgehead atoms. The summed E-state index contributed by atoms with van der Waals surface area (Å²) in [6, 6.07) is 9.83. The van der Waals surface area contributed by atoms with Crippen LogP contribution in [0.15, 0.2) is 43.2 Å². The molecule has 5 rings (SSSR count). The topological polar surface area (TPSA) is 60.1 Å². The van der Waals surface area contributed by atoms with Crippen molar-refractivity contribution in [1.82, 2.24) is 25.4 Å². The minimum absolute atomic E-state index is 0.452. The van der Waals surface area contributed by atoms with E-state index in [-0.39, 0.29) is 0 Å². The summed E-state index contributed by atoms with van der Waals surface area (Å²) in [4.78, 5) is 9.56. The average molecular weight is 445 g/mol. The molecule has 3 aromatic rings. The van der Waals surface area contributed by atoms with E-state index in [0.29, 0.717) is 12.1 Å². The van der Waals surface area contributed by atoms with Gasteiger partial charge in [-0.05, 0) is 69.7 Å². The minimum atomic E-state index is 0.452. The molecule has 2 N–H and O–H groups in total. The smallest absolute Gasteiger partial charge is 0.115 e. The molecule has 4 heterocycles. The van der Waals surface area contributed by atoms with Crippen LogP contribution in [0.2, 0.25) is 0 Å². The number of aromatic amines is 1. The van der Waals surface area contributed by atoms with Gasteiger partial charge in [0.2, 0.25) is 0 Å². The number of rotatable bonds is 6. The molecule has 2 fully saturated rings. The molecule has 0 amide bonds. The standard InChI is InChI=1S/C27H36N6/c1-19(2)32-13-9-23(10-14-32)29-20(3)27-25-16-21(7-8-26(25)30-31-27)22-15-24(18-28-17-22)33-11-5-4-6-12-33/h7-8,15-19,23,29H,3-6,9-14H2,1-2H3,(H,30,31). The fraction of sp³-hybridized carbons (Fsp3) is 0.481. The lowest BCUT2D eigenvalue weighted by Crippen LogP contribution is -2.44. The van der Waals surface area contributed by atoms with Crippen molar-refractivity contribution in [2.75, 3.05) is 31.1 Å². The number of aromatic nitrogens is 3. The number of pyridine rings is 1. The molecule has 2 aliphatic heterocycles. The van der Waals surface area contributed by atoms with Crippen LogP contribution in [0.3, 0.4) is 0 Å². The second-order valence-corrected chi connectivity index (χ2v) is 9.84. The Kier molecular flexibility index (Phi) is 6.36. The van der Waals surface area contributed by atoms with Crippen LogP contribution in [0, 0.1) is 0 Å². The number of benzene rings is 1. The van der Waals surface area contributed by atoms with Gasteiger partial charge < -0.3 is 15.1 Å². The fourth-order valence-corrected chi connectivity index (χ4v) is 5.21. The monoisotopic (exact) mass is 444 g/mol. The van der Waals surface area contributed by atoms with Gasteiger partial charge in [-0.3, -0.25) is 10.1 Å². The fourth-order valence-electron chi connectivity index (χ4n) is 5.21. The molecule has 0 aliphatic carbocycles. The lowest BCUT2D eigenvalue weighted by molar-refractivity contribution is 0.167. The Morgan fingerprint density at radius 1 is 1.03 bits per heavy atom. The lowest BCUT2D eigenvalue weighted by atomic mass is 10.0. The molecule has 2 aliphatic rings. The molecule has 0 radical (unpaired) electrons. The Hall–Kier alpha value is -2.86. The van der Waals surface area contributed by atoms with E-state index in [4.69, 9.17) is 0 Å². The molecular weight excluding hydrogens is 408 g/mol. The summed E-state index contributed by atoms with van der Waals surface area (Å²) < 4.78 is 0. The zero-order valence-electron chi connectivity index (χ0n) is 20.0. The van der Waals surface area contributed by atoms with Crippen LogP contribution < -0.4 is 10.2 Å². The molecule has 174 valence electrons. The molecule has 0 atom stereocenters. The van der Waals surface area contributed by atoms with Gasteiger partial charge in [0.1, 0.15) is 5.69 Å². The highest BCUT2D eigenvalue weighted by Gasteiger charge is 2.22. The largest absolute Gasteiger partial charge is 0.381 e. The molecule has 1 aromatic carbocycles. The van der Waals surface area contributed by atoms with Gasteiger partial charge in [-0.25, -0.2) is 0 Å². The Balaban J connectivity index is 1.34. The minimum Gasteiger partial charge on any atom is -0.381 e. The van der Waals surface area contributed by atoms with Crippen LogP contribution in [-0.2, 0) is 0 Å². The Bertz CT molecular complexity index is 1100. The van der Waals surface area contributed by atoms with Gasteiger partial charge in [0.25, 0.3) is 0 Å². The van der Waals surface area contributed by atoms with Gasteiger partial charge in [0.15, 0.2) is 0 Å². The van der Waals surface area contributed by atoms with Gasteiger partial charge in [-0.15, -0.1) is 0 Å². The Labute approximate surface area is 197 Å². The van der Waals surface area contributed by atoms with Crippen molar-refractivity contribution >= 4 is 22.3 Å². The summed E-state index contributed by atoms with van der Waals surface area (Å²) in [7, 11) is 0. The summed E-state index contributed by atoms with van der Waals surface area (Å²) in [5.74, 6) is 0. The Morgan fingerprint density at radius 3 is 2.58 bits per heavy atom. The van der Waals surface area contributed by atoms with Gasteiger partial charge in [0, 0.05) is 55.4 Å². The van der Waals surface area contributed by atoms with Crippen LogP contribution in [-0.4, -0.2) is 58.3 Å². The molecule has 6 nitrogen and oxygen atoms in total. The highest BCUT2D eigenvalue weighted by molar-refractivity contribution is 5.92. The van der Waals surface area contributed by atoms with Crippen LogP contribution in [0.5, 0.6) is 0 Å². The van der Waals surface area contributed by atoms with E-state index >= 15 is 0 Å². The van der Waals surface area contributed by atoms with Gasteiger partial charge in [-0.2, -0.15) is 5.10 Å². The molecule has 2 saturated heterocycles. The highest BCUT2D eigenvalue weighted by Crippen LogP contribution is 2.30. The van der Waals surface area contributed by atoms with Crippen molar-refractivity contribution < 1.29 is 0 Å². The van der Waals surface area contributed by atoms with Crippen LogP contribution >= 0.6 is 0 Å². The van der Waals surface area contributed by atoms with E-state index in [2.05, 4.69) is 75.0 Å².